The summed E-state index contributed by atoms with van der Waals surface area (Å²) in [6, 6.07) is 5.07. The molecule has 34 heavy (non-hydrogen) atoms. The van der Waals surface area contributed by atoms with Crippen LogP contribution in [0.1, 0.15) is 41.3 Å². The Morgan fingerprint density at radius 2 is 1.91 bits per heavy atom. The third-order valence-electron chi connectivity index (χ3n) is 6.12. The highest BCUT2D eigenvalue weighted by molar-refractivity contribution is 5.98. The second-order valence-electron chi connectivity index (χ2n) is 8.41. The number of pyridine rings is 1. The molecular formula is C23H24F4N6O. The largest absolute Gasteiger partial charge is 0.417 e. The van der Waals surface area contributed by atoms with E-state index in [4.69, 9.17) is 0 Å². The highest BCUT2D eigenvalue weighted by Crippen LogP contribution is 2.30. The number of alkyl halides is 3. The number of carbonyl (C=O) groups is 1. The number of anilines is 1. The number of aryl methyl sites for hydroxylation is 1. The number of rotatable bonds is 5. The van der Waals surface area contributed by atoms with E-state index in [1.54, 1.807) is 24.0 Å². The summed E-state index contributed by atoms with van der Waals surface area (Å²) in [5.41, 5.74) is -0.376. The van der Waals surface area contributed by atoms with Crippen LogP contribution in [0.4, 0.5) is 23.4 Å². The van der Waals surface area contributed by atoms with E-state index in [1.165, 1.54) is 23.3 Å². The van der Waals surface area contributed by atoms with Crippen LogP contribution in [-0.4, -0.2) is 49.9 Å². The fraction of sp³-hybridized carbons (Fsp3) is 0.391. The predicted octanol–water partition coefficient (Wildman–Crippen LogP) is 4.48. The van der Waals surface area contributed by atoms with Crippen LogP contribution >= 0.6 is 0 Å². The number of hydrogen-bond donors (Lipinski definition) is 1. The molecule has 1 N–H and O–H groups in total. The number of piperidine rings is 1. The molecule has 1 aliphatic rings. The lowest BCUT2D eigenvalue weighted by Gasteiger charge is -2.40. The molecule has 0 bridgehead atoms. The van der Waals surface area contributed by atoms with Crippen LogP contribution in [0.15, 0.2) is 42.9 Å². The van der Waals surface area contributed by atoms with Crippen molar-refractivity contribution in [1.29, 1.82) is 0 Å². The molecule has 3 heterocycles. The normalized spacial score (nSPS) is 18.7. The number of hydrogen-bond acceptors (Lipinski definition) is 5. The number of benzene rings is 1. The lowest BCUT2D eigenvalue weighted by molar-refractivity contribution is -0.137. The zero-order valence-corrected chi connectivity index (χ0v) is 18.7. The van der Waals surface area contributed by atoms with Gasteiger partial charge in [-0.05, 0) is 49.4 Å². The molecule has 180 valence electrons. The topological polar surface area (TPSA) is 75.9 Å². The zero-order valence-electron chi connectivity index (χ0n) is 18.7. The Labute approximate surface area is 193 Å². The highest BCUT2D eigenvalue weighted by atomic mass is 19.4. The van der Waals surface area contributed by atoms with Crippen molar-refractivity contribution >= 4 is 11.7 Å². The average molecular weight is 476 g/mol. The van der Waals surface area contributed by atoms with Gasteiger partial charge in [-0.15, -0.1) is 0 Å². The maximum Gasteiger partial charge on any atom is 0.417 e. The van der Waals surface area contributed by atoms with E-state index in [9.17, 15) is 18.0 Å². The molecule has 0 aliphatic carbocycles. The van der Waals surface area contributed by atoms with Gasteiger partial charge in [0.25, 0.3) is 5.91 Å². The Hall–Kier alpha value is -3.50. The Morgan fingerprint density at radius 1 is 1.18 bits per heavy atom. The molecule has 2 aromatic heterocycles. The molecule has 4 rings (SSSR count). The second kappa shape index (κ2) is 9.40. The molecule has 2 unspecified atom stereocenters. The Morgan fingerprint density at radius 3 is 2.56 bits per heavy atom. The summed E-state index contributed by atoms with van der Waals surface area (Å²) in [6.07, 6.45) is 0.801. The minimum atomic E-state index is -4.47. The summed E-state index contributed by atoms with van der Waals surface area (Å²) in [5.74, 6) is -0.762. The Balaban J connectivity index is 1.59. The molecule has 1 saturated heterocycles. The van der Waals surface area contributed by atoms with Gasteiger partial charge in [0.1, 0.15) is 22.9 Å². The van der Waals surface area contributed by atoms with Crippen LogP contribution in [0.25, 0.3) is 5.69 Å². The van der Waals surface area contributed by atoms with Crippen LogP contribution in [0.2, 0.25) is 0 Å². The summed E-state index contributed by atoms with van der Waals surface area (Å²) >= 11 is 0. The number of aromatic nitrogens is 4. The van der Waals surface area contributed by atoms with Crippen LogP contribution < -0.4 is 5.32 Å². The molecule has 0 radical (unpaired) electrons. The van der Waals surface area contributed by atoms with E-state index in [0.717, 1.165) is 25.1 Å². The lowest BCUT2D eigenvalue weighted by atomic mass is 9.89. The van der Waals surface area contributed by atoms with Crippen LogP contribution in [0.5, 0.6) is 0 Å². The third kappa shape index (κ3) is 4.73. The smallest absolute Gasteiger partial charge is 0.368 e. The Bertz CT molecular complexity index is 1150. The quantitative estimate of drug-likeness (QED) is 0.550. The van der Waals surface area contributed by atoms with E-state index >= 15 is 4.39 Å². The molecule has 1 aliphatic heterocycles. The molecule has 3 aromatic rings. The van der Waals surface area contributed by atoms with Crippen molar-refractivity contribution in [2.45, 2.75) is 38.9 Å². The van der Waals surface area contributed by atoms with Gasteiger partial charge in [-0.25, -0.2) is 9.37 Å². The van der Waals surface area contributed by atoms with Crippen molar-refractivity contribution in [2.24, 2.45) is 5.92 Å². The minimum Gasteiger partial charge on any atom is -0.368 e. The van der Waals surface area contributed by atoms with Gasteiger partial charge < -0.3 is 10.2 Å². The van der Waals surface area contributed by atoms with Crippen LogP contribution in [-0.2, 0) is 6.18 Å². The molecule has 0 saturated carbocycles. The van der Waals surface area contributed by atoms with Crippen molar-refractivity contribution < 1.29 is 22.4 Å². The van der Waals surface area contributed by atoms with Crippen molar-refractivity contribution in [1.82, 2.24) is 24.9 Å². The minimum absolute atomic E-state index is 0.0822. The van der Waals surface area contributed by atoms with Gasteiger partial charge in [-0.2, -0.15) is 28.2 Å². The number of halogens is 4. The first kappa shape index (κ1) is 23.7. The fourth-order valence-corrected chi connectivity index (χ4v) is 4.21. The molecule has 1 aromatic carbocycles. The van der Waals surface area contributed by atoms with Gasteiger partial charge in [-0.1, -0.05) is 13.0 Å². The number of amides is 1. The monoisotopic (exact) mass is 476 g/mol. The maximum absolute atomic E-state index is 15.2. The van der Waals surface area contributed by atoms with E-state index in [0.29, 0.717) is 12.1 Å². The first-order chi connectivity index (χ1) is 16.2. The van der Waals surface area contributed by atoms with Crippen molar-refractivity contribution in [2.75, 3.05) is 18.4 Å². The number of nitrogens with zero attached hydrogens (tertiary/aromatic N) is 5. The average Bonchev–Trinajstić information content (AvgIpc) is 3.34. The van der Waals surface area contributed by atoms with E-state index in [-0.39, 0.29) is 35.6 Å². The van der Waals surface area contributed by atoms with Crippen molar-refractivity contribution in [3.63, 3.8) is 0 Å². The first-order valence-corrected chi connectivity index (χ1v) is 10.9. The fourth-order valence-electron chi connectivity index (χ4n) is 4.21. The van der Waals surface area contributed by atoms with Crippen LogP contribution in [0.3, 0.4) is 0 Å². The van der Waals surface area contributed by atoms with E-state index in [2.05, 4.69) is 20.5 Å². The van der Waals surface area contributed by atoms with Crippen molar-refractivity contribution in [3.05, 3.63) is 65.4 Å². The van der Waals surface area contributed by atoms with Gasteiger partial charge in [-0.3, -0.25) is 4.79 Å². The van der Waals surface area contributed by atoms with Gasteiger partial charge in [0.2, 0.25) is 0 Å². The predicted molar refractivity (Wildman–Crippen MR) is 117 cm³/mol. The van der Waals surface area contributed by atoms with Crippen molar-refractivity contribution in [3.8, 4) is 5.69 Å². The molecule has 0 spiro atoms. The van der Waals surface area contributed by atoms with Gasteiger partial charge in [0, 0.05) is 19.3 Å². The standard InChI is InChI=1S/C23H24F4N6O/c1-14-4-3-11-32(18(14)13-29-19-8-6-16(12-28-19)23(25,26)27)22(34)20-17(33-30-9-10-31-33)7-5-15(2)21(20)24/h5-10,12,14,18H,3-4,11,13H2,1-2H3,(H,28,29). The summed E-state index contributed by atoms with van der Waals surface area (Å²) in [6.45, 7) is 4.26. The van der Waals surface area contributed by atoms with Crippen LogP contribution in [0, 0.1) is 18.7 Å². The highest BCUT2D eigenvalue weighted by Gasteiger charge is 2.35. The summed E-state index contributed by atoms with van der Waals surface area (Å²) in [4.78, 5) is 20.3. The number of likely N-dealkylation sites (tertiary alicyclic amines) is 1. The molecule has 11 heteroatoms. The SMILES string of the molecule is Cc1ccc(-n2nccn2)c(C(=O)N2CCCC(C)C2CNc2ccc(C(F)(F)F)cn2)c1F. The van der Waals surface area contributed by atoms with E-state index in [1.807, 2.05) is 6.92 Å². The molecule has 1 fully saturated rings. The number of nitrogens with one attached hydrogen (secondary N) is 1. The molecule has 1 amide bonds. The van der Waals surface area contributed by atoms with Gasteiger partial charge in [0.05, 0.1) is 24.0 Å². The zero-order chi connectivity index (χ0) is 24.5. The summed E-state index contributed by atoms with van der Waals surface area (Å²) in [7, 11) is 0. The summed E-state index contributed by atoms with van der Waals surface area (Å²) in [5, 5.41) is 11.1. The summed E-state index contributed by atoms with van der Waals surface area (Å²) < 4.78 is 53.6. The van der Waals surface area contributed by atoms with E-state index < -0.39 is 23.5 Å². The third-order valence-corrected chi connectivity index (χ3v) is 6.12. The lowest BCUT2D eigenvalue weighted by Crippen LogP contribution is -2.51. The molecular weight excluding hydrogens is 452 g/mol. The molecule has 7 nitrogen and oxygen atoms in total. The number of carbonyl (C=O) groups excluding carboxylic acids is 1. The first-order valence-electron chi connectivity index (χ1n) is 10.9. The maximum atomic E-state index is 15.2. The second-order valence-corrected chi connectivity index (χ2v) is 8.41. The molecule has 2 atom stereocenters. The van der Waals surface area contributed by atoms with Gasteiger partial charge in [0.15, 0.2) is 0 Å². The Kier molecular flexibility index (Phi) is 6.54. The van der Waals surface area contributed by atoms with Gasteiger partial charge >= 0.3 is 6.18 Å².